The van der Waals surface area contributed by atoms with Crippen molar-refractivity contribution in [2.75, 3.05) is 12.3 Å². The second-order valence-electron chi connectivity index (χ2n) is 11.5. The van der Waals surface area contributed by atoms with E-state index in [0.717, 1.165) is 49.3 Å². The number of rotatable bonds is 8. The topological polar surface area (TPSA) is 77.5 Å². The fourth-order valence-electron chi connectivity index (χ4n) is 7.37. The lowest BCUT2D eigenvalue weighted by molar-refractivity contribution is -0.0313. The van der Waals surface area contributed by atoms with Crippen LogP contribution in [0.5, 0.6) is 5.75 Å². The standard InChI is InChI=1S/C33H36N2O4S2/c1-33-17-16-26-25-13-11-24(38-31(36)22-7-3-2-4-8-22)21-23(25)10-12-27(26)28(33)14-15-29(33)39-32(37)35-19-20-40-41-30-9-5-6-18-34-30/h2-9,11,13,18,21,26-29H,10,12,14-17,19-20H2,1H3,(H,35,37). The number of ether oxygens (including phenoxy) is 2. The van der Waals surface area contributed by atoms with Gasteiger partial charge in [-0.05, 0) is 115 Å². The van der Waals surface area contributed by atoms with E-state index < -0.39 is 0 Å². The summed E-state index contributed by atoms with van der Waals surface area (Å²) < 4.78 is 11.8. The SMILES string of the molecule is CC12CCC3c4ccc(OC(=O)c5ccccc5)cc4CCC3C1CCC2OC(=O)NCCSSc1ccccn1. The van der Waals surface area contributed by atoms with Gasteiger partial charge in [0.15, 0.2) is 0 Å². The van der Waals surface area contributed by atoms with Crippen molar-refractivity contribution in [2.24, 2.45) is 17.3 Å². The largest absolute Gasteiger partial charge is 0.446 e. The number of fused-ring (bicyclic) bond motifs is 5. The maximum absolute atomic E-state index is 12.7. The van der Waals surface area contributed by atoms with Gasteiger partial charge < -0.3 is 14.8 Å². The number of alkyl carbamates (subject to hydrolysis) is 1. The molecule has 0 spiro atoms. The fourth-order valence-corrected chi connectivity index (χ4v) is 9.16. The van der Waals surface area contributed by atoms with Crippen LogP contribution >= 0.6 is 21.6 Å². The van der Waals surface area contributed by atoms with Crippen LogP contribution in [0.25, 0.3) is 0 Å². The molecule has 1 N–H and O–H groups in total. The summed E-state index contributed by atoms with van der Waals surface area (Å²) in [6, 6.07) is 21.2. The average molecular weight is 589 g/mol. The Labute approximate surface area is 249 Å². The highest BCUT2D eigenvalue weighted by Crippen LogP contribution is 2.61. The van der Waals surface area contributed by atoms with Gasteiger partial charge in [0.25, 0.3) is 0 Å². The first-order valence-electron chi connectivity index (χ1n) is 14.6. The Hall–Kier alpha value is -2.97. The number of benzene rings is 2. The highest BCUT2D eigenvalue weighted by Gasteiger charge is 2.56. The van der Waals surface area contributed by atoms with Gasteiger partial charge in [0.05, 0.1) is 5.56 Å². The van der Waals surface area contributed by atoms with Gasteiger partial charge in [0.1, 0.15) is 16.9 Å². The highest BCUT2D eigenvalue weighted by molar-refractivity contribution is 8.76. The predicted molar refractivity (Wildman–Crippen MR) is 163 cm³/mol. The van der Waals surface area contributed by atoms with Crippen molar-refractivity contribution in [3.63, 3.8) is 0 Å². The highest BCUT2D eigenvalue weighted by atomic mass is 33.1. The first kappa shape index (κ1) is 28.2. The Morgan fingerprint density at radius 2 is 1.88 bits per heavy atom. The van der Waals surface area contributed by atoms with Gasteiger partial charge in [0, 0.05) is 23.9 Å². The van der Waals surface area contributed by atoms with Crippen LogP contribution in [0.4, 0.5) is 4.79 Å². The summed E-state index contributed by atoms with van der Waals surface area (Å²) in [7, 11) is 3.30. The molecule has 0 saturated heterocycles. The van der Waals surface area contributed by atoms with Gasteiger partial charge in [-0.15, -0.1) is 0 Å². The van der Waals surface area contributed by atoms with Crippen molar-refractivity contribution in [1.82, 2.24) is 10.3 Å². The summed E-state index contributed by atoms with van der Waals surface area (Å²) in [6.45, 7) is 2.92. The van der Waals surface area contributed by atoms with E-state index in [1.165, 1.54) is 11.1 Å². The van der Waals surface area contributed by atoms with E-state index in [-0.39, 0.29) is 23.6 Å². The first-order valence-corrected chi connectivity index (χ1v) is 16.9. The molecule has 5 unspecified atom stereocenters. The molecule has 1 aromatic heterocycles. The molecule has 8 heteroatoms. The van der Waals surface area contributed by atoms with Crippen LogP contribution in [0.1, 0.15) is 66.4 Å². The molecule has 214 valence electrons. The molecule has 5 atom stereocenters. The molecule has 0 radical (unpaired) electrons. The van der Waals surface area contributed by atoms with Crippen molar-refractivity contribution in [3.05, 3.63) is 89.6 Å². The fraction of sp³-hybridized carbons (Fsp3) is 0.424. The van der Waals surface area contributed by atoms with E-state index in [4.69, 9.17) is 9.47 Å². The van der Waals surface area contributed by atoms with Gasteiger partial charge in [-0.25, -0.2) is 14.6 Å². The van der Waals surface area contributed by atoms with Gasteiger partial charge >= 0.3 is 12.1 Å². The van der Waals surface area contributed by atoms with Crippen molar-refractivity contribution in [1.29, 1.82) is 0 Å². The Kier molecular flexibility index (Phi) is 8.58. The number of amides is 1. The van der Waals surface area contributed by atoms with E-state index in [1.807, 2.05) is 42.5 Å². The van der Waals surface area contributed by atoms with Crippen molar-refractivity contribution >= 4 is 33.7 Å². The molecule has 1 heterocycles. The summed E-state index contributed by atoms with van der Waals surface area (Å²) in [5, 5.41) is 3.93. The van der Waals surface area contributed by atoms with E-state index in [2.05, 4.69) is 29.4 Å². The predicted octanol–water partition coefficient (Wildman–Crippen LogP) is 7.69. The molecule has 6 rings (SSSR count). The third-order valence-corrected chi connectivity index (χ3v) is 11.6. The molecular formula is C33H36N2O4S2. The summed E-state index contributed by atoms with van der Waals surface area (Å²) in [5.41, 5.74) is 3.29. The van der Waals surface area contributed by atoms with Crippen LogP contribution < -0.4 is 10.1 Å². The molecule has 2 aromatic carbocycles. The van der Waals surface area contributed by atoms with Crippen LogP contribution in [-0.4, -0.2) is 35.4 Å². The Morgan fingerprint density at radius 3 is 2.71 bits per heavy atom. The Bertz CT molecular complexity index is 1370. The van der Waals surface area contributed by atoms with Crippen molar-refractivity contribution < 1.29 is 19.1 Å². The van der Waals surface area contributed by atoms with Gasteiger partial charge in [-0.2, -0.15) is 0 Å². The minimum absolute atomic E-state index is 0.0186. The van der Waals surface area contributed by atoms with Crippen molar-refractivity contribution in [3.8, 4) is 5.75 Å². The molecule has 0 aliphatic heterocycles. The minimum atomic E-state index is -0.323. The zero-order valence-electron chi connectivity index (χ0n) is 23.3. The maximum Gasteiger partial charge on any atom is 0.407 e. The number of esters is 1. The van der Waals surface area contributed by atoms with E-state index in [1.54, 1.807) is 39.9 Å². The van der Waals surface area contributed by atoms with Crippen LogP contribution in [0.2, 0.25) is 0 Å². The number of pyridine rings is 1. The number of nitrogens with zero attached hydrogens (tertiary/aromatic N) is 1. The van der Waals surface area contributed by atoms with E-state index in [0.29, 0.717) is 35.6 Å². The monoisotopic (exact) mass is 588 g/mol. The number of hydrogen-bond donors (Lipinski definition) is 1. The van der Waals surface area contributed by atoms with Crippen LogP contribution in [0.3, 0.4) is 0 Å². The van der Waals surface area contributed by atoms with Gasteiger partial charge in [-0.3, -0.25) is 0 Å². The first-order chi connectivity index (χ1) is 20.0. The molecule has 41 heavy (non-hydrogen) atoms. The van der Waals surface area contributed by atoms with Gasteiger partial charge in [0.2, 0.25) is 0 Å². The molecule has 3 aliphatic carbocycles. The molecule has 6 nitrogen and oxygen atoms in total. The number of carbonyl (C=O) groups is 2. The maximum atomic E-state index is 12.7. The third-order valence-electron chi connectivity index (χ3n) is 9.32. The third kappa shape index (κ3) is 6.14. The smallest absolute Gasteiger partial charge is 0.407 e. The summed E-state index contributed by atoms with van der Waals surface area (Å²) >= 11 is 0. The average Bonchev–Trinajstić information content (AvgIpc) is 3.33. The summed E-state index contributed by atoms with van der Waals surface area (Å²) in [6.07, 6.45) is 7.75. The molecule has 3 aromatic rings. The normalized spacial score (nSPS) is 26.3. The number of aryl methyl sites for hydroxylation is 1. The van der Waals surface area contributed by atoms with Gasteiger partial charge in [-0.1, -0.05) is 48.0 Å². The number of carbonyl (C=O) groups excluding carboxylic acids is 2. The quantitative estimate of drug-likeness (QED) is 0.125. The number of hydrogen-bond acceptors (Lipinski definition) is 7. The lowest BCUT2D eigenvalue weighted by Gasteiger charge is -2.50. The Morgan fingerprint density at radius 1 is 1.02 bits per heavy atom. The summed E-state index contributed by atoms with van der Waals surface area (Å²) in [4.78, 5) is 29.6. The molecule has 0 bridgehead atoms. The van der Waals surface area contributed by atoms with Crippen LogP contribution in [-0.2, 0) is 11.2 Å². The minimum Gasteiger partial charge on any atom is -0.446 e. The zero-order chi connectivity index (χ0) is 28.2. The van der Waals surface area contributed by atoms with Crippen LogP contribution in [0.15, 0.2) is 78.0 Å². The zero-order valence-corrected chi connectivity index (χ0v) is 24.9. The Balaban J connectivity index is 1.02. The lowest BCUT2D eigenvalue weighted by atomic mass is 9.55. The number of nitrogens with one attached hydrogen (secondary N) is 1. The summed E-state index contributed by atoms with van der Waals surface area (Å²) in [5.74, 6) is 2.74. The number of aromatic nitrogens is 1. The molecular weight excluding hydrogens is 553 g/mol. The van der Waals surface area contributed by atoms with E-state index >= 15 is 0 Å². The molecule has 2 saturated carbocycles. The second kappa shape index (κ2) is 12.5. The molecule has 1 amide bonds. The van der Waals surface area contributed by atoms with E-state index in [9.17, 15) is 9.59 Å². The second-order valence-corrected chi connectivity index (χ2v) is 14.0. The lowest BCUT2D eigenvalue weighted by Crippen LogP contribution is -2.46. The molecule has 3 aliphatic rings. The molecule has 2 fully saturated rings. The van der Waals surface area contributed by atoms with Crippen LogP contribution in [0, 0.1) is 17.3 Å². The van der Waals surface area contributed by atoms with Crippen molar-refractivity contribution in [2.45, 2.75) is 62.5 Å².